The van der Waals surface area contributed by atoms with Crippen LogP contribution in [0.25, 0.3) is 0 Å². The van der Waals surface area contributed by atoms with Crippen LogP contribution in [0.1, 0.15) is 0 Å². The minimum absolute atomic E-state index is 0.391. The molecule has 0 aliphatic carbocycles. The summed E-state index contributed by atoms with van der Waals surface area (Å²) >= 11 is 14.4. The molecule has 0 aliphatic rings. The van der Waals surface area contributed by atoms with Gasteiger partial charge < -0.3 is 0 Å². The topological polar surface area (TPSA) is 12.9 Å². The van der Waals surface area contributed by atoms with Gasteiger partial charge in [-0.05, 0) is 22.0 Å². The number of hydrogen-bond donors (Lipinski definition) is 0. The number of pyridine rings is 1. The number of hydrogen-bond acceptors (Lipinski definition) is 1. The van der Waals surface area contributed by atoms with Gasteiger partial charge in [0.25, 0.3) is 0 Å². The van der Waals surface area contributed by atoms with E-state index in [0.29, 0.717) is 14.6 Å². The van der Waals surface area contributed by atoms with Crippen molar-refractivity contribution in [1.82, 2.24) is 4.98 Å². The van der Waals surface area contributed by atoms with Crippen molar-refractivity contribution < 1.29 is 0 Å². The summed E-state index contributed by atoms with van der Waals surface area (Å²) in [4.78, 5) is 3.77. The van der Waals surface area contributed by atoms with Crippen molar-refractivity contribution in [3.63, 3.8) is 0 Å². The zero-order valence-electron chi connectivity index (χ0n) is 4.24. The van der Waals surface area contributed by atoms with Gasteiger partial charge in [-0.15, -0.1) is 0 Å². The van der Waals surface area contributed by atoms with Gasteiger partial charge in [0.2, 0.25) is 0 Å². The Morgan fingerprint density at radius 2 is 2.11 bits per heavy atom. The molecule has 0 bridgehead atoms. The normalized spacial score (nSPS) is 9.67. The van der Waals surface area contributed by atoms with Crippen LogP contribution in [0.3, 0.4) is 0 Å². The molecule has 1 heterocycles. The van der Waals surface area contributed by atoms with Gasteiger partial charge in [-0.3, -0.25) is 0 Å². The molecular weight excluding hydrogens is 225 g/mol. The van der Waals surface area contributed by atoms with E-state index in [9.17, 15) is 0 Å². The van der Waals surface area contributed by atoms with Crippen molar-refractivity contribution >= 4 is 39.1 Å². The first-order valence-corrected chi connectivity index (χ1v) is 3.72. The predicted octanol–water partition coefficient (Wildman–Crippen LogP) is 3.15. The van der Waals surface area contributed by atoms with Crippen LogP contribution in [0, 0.1) is 0 Å². The first-order valence-electron chi connectivity index (χ1n) is 2.17. The lowest BCUT2D eigenvalue weighted by atomic mass is 10.5. The molecule has 0 radical (unpaired) electrons. The van der Waals surface area contributed by atoms with Gasteiger partial charge in [0.15, 0.2) is 0 Å². The van der Waals surface area contributed by atoms with E-state index >= 15 is 0 Å². The molecule has 0 amide bonds. The van der Waals surface area contributed by atoms with E-state index in [-0.39, 0.29) is 0 Å². The largest absolute Gasteiger partial charge is 0.243 e. The van der Waals surface area contributed by atoms with Crippen LogP contribution < -0.4 is 0 Å². The molecule has 1 aromatic heterocycles. The number of aromatic nitrogens is 1. The highest BCUT2D eigenvalue weighted by atomic mass is 79.9. The second kappa shape index (κ2) is 2.86. The molecule has 4 heteroatoms. The Balaban J connectivity index is 3.25. The number of nitrogens with zero attached hydrogens (tertiary/aromatic N) is 1. The van der Waals surface area contributed by atoms with Gasteiger partial charge in [0.05, 0.1) is 9.50 Å². The highest BCUT2D eigenvalue weighted by Crippen LogP contribution is 2.27. The molecule has 1 nitrogen and oxygen atoms in total. The van der Waals surface area contributed by atoms with Gasteiger partial charge >= 0.3 is 0 Å². The summed E-state index contributed by atoms with van der Waals surface area (Å²) in [6.07, 6.45) is 1.55. The predicted molar refractivity (Wildman–Crippen MR) is 42.0 cm³/mol. The summed E-state index contributed by atoms with van der Waals surface area (Å²) in [6.45, 7) is 0. The molecule has 0 fully saturated rings. The van der Waals surface area contributed by atoms with E-state index in [1.54, 1.807) is 12.3 Å². The molecule has 0 spiro atoms. The number of halogens is 3. The lowest BCUT2D eigenvalue weighted by molar-refractivity contribution is 1.31. The van der Waals surface area contributed by atoms with Crippen LogP contribution in [0.2, 0.25) is 10.2 Å². The molecule has 0 aromatic carbocycles. The summed E-state index contributed by atoms with van der Waals surface area (Å²) in [5.74, 6) is 0. The average Bonchev–Trinajstić information content (AvgIpc) is 1.83. The van der Waals surface area contributed by atoms with Gasteiger partial charge in [-0.2, -0.15) is 0 Å². The van der Waals surface area contributed by atoms with Crippen LogP contribution >= 0.6 is 39.1 Å². The highest BCUT2D eigenvalue weighted by Gasteiger charge is 1.99. The quantitative estimate of drug-likeness (QED) is 0.620. The maximum Gasteiger partial charge on any atom is 0.144 e. The first-order chi connectivity index (χ1) is 4.22. The maximum atomic E-state index is 5.64. The van der Waals surface area contributed by atoms with Gasteiger partial charge in [-0.1, -0.05) is 23.2 Å². The SMILES string of the molecule is Clc1ccnc(Cl)c1Br. The molecule has 0 N–H and O–H groups in total. The lowest BCUT2D eigenvalue weighted by Crippen LogP contribution is -1.75. The third kappa shape index (κ3) is 1.57. The Kier molecular flexibility index (Phi) is 2.33. The molecule has 0 saturated carbocycles. The van der Waals surface area contributed by atoms with E-state index < -0.39 is 0 Å². The number of rotatable bonds is 0. The summed E-state index contributed by atoms with van der Waals surface area (Å²) in [5, 5.41) is 0.970. The van der Waals surface area contributed by atoms with Gasteiger partial charge in [0, 0.05) is 6.20 Å². The van der Waals surface area contributed by atoms with Crippen molar-refractivity contribution in [1.29, 1.82) is 0 Å². The molecular formula is C5H2BrCl2N. The average molecular weight is 227 g/mol. The molecule has 1 aromatic rings. The van der Waals surface area contributed by atoms with Crippen LogP contribution in [-0.4, -0.2) is 4.98 Å². The van der Waals surface area contributed by atoms with Crippen molar-refractivity contribution in [3.8, 4) is 0 Å². The summed E-state index contributed by atoms with van der Waals surface area (Å²) in [7, 11) is 0. The summed E-state index contributed by atoms with van der Waals surface area (Å²) in [5.41, 5.74) is 0. The van der Waals surface area contributed by atoms with Crippen molar-refractivity contribution in [3.05, 3.63) is 26.9 Å². The van der Waals surface area contributed by atoms with Crippen LogP contribution in [0.4, 0.5) is 0 Å². The van der Waals surface area contributed by atoms with Crippen molar-refractivity contribution in [2.75, 3.05) is 0 Å². The molecule has 9 heavy (non-hydrogen) atoms. The molecule has 1 rings (SSSR count). The summed E-state index contributed by atoms with van der Waals surface area (Å²) in [6, 6.07) is 1.66. The van der Waals surface area contributed by atoms with E-state index in [1.165, 1.54) is 0 Å². The Labute approximate surface area is 71.1 Å². The first kappa shape index (κ1) is 7.32. The molecule has 0 atom stereocenters. The minimum atomic E-state index is 0.391. The zero-order valence-corrected chi connectivity index (χ0v) is 7.33. The molecule has 48 valence electrons. The third-order valence-electron chi connectivity index (χ3n) is 0.800. The van der Waals surface area contributed by atoms with Gasteiger partial charge in [0.1, 0.15) is 5.15 Å². The molecule has 0 aliphatic heterocycles. The smallest absolute Gasteiger partial charge is 0.144 e. The monoisotopic (exact) mass is 225 g/mol. The fourth-order valence-corrected chi connectivity index (χ4v) is 0.983. The Morgan fingerprint density at radius 1 is 1.44 bits per heavy atom. The fourth-order valence-electron chi connectivity index (χ4n) is 0.397. The van der Waals surface area contributed by atoms with E-state index in [4.69, 9.17) is 23.2 Å². The van der Waals surface area contributed by atoms with Crippen LogP contribution in [0.15, 0.2) is 16.7 Å². The Hall–Kier alpha value is 0.210. The van der Waals surface area contributed by atoms with E-state index in [2.05, 4.69) is 20.9 Å². The second-order valence-electron chi connectivity index (χ2n) is 1.40. The highest BCUT2D eigenvalue weighted by molar-refractivity contribution is 9.10. The minimum Gasteiger partial charge on any atom is -0.243 e. The van der Waals surface area contributed by atoms with E-state index in [0.717, 1.165) is 0 Å². The maximum absolute atomic E-state index is 5.64. The van der Waals surface area contributed by atoms with Gasteiger partial charge in [-0.25, -0.2) is 4.98 Å². The lowest BCUT2D eigenvalue weighted by Gasteiger charge is -1.93. The molecule has 0 unspecified atom stereocenters. The van der Waals surface area contributed by atoms with Crippen LogP contribution in [0.5, 0.6) is 0 Å². The fraction of sp³-hybridized carbons (Fsp3) is 0. The van der Waals surface area contributed by atoms with E-state index in [1.807, 2.05) is 0 Å². The third-order valence-corrected chi connectivity index (χ3v) is 2.66. The van der Waals surface area contributed by atoms with Crippen molar-refractivity contribution in [2.45, 2.75) is 0 Å². The van der Waals surface area contributed by atoms with Crippen LogP contribution in [-0.2, 0) is 0 Å². The van der Waals surface area contributed by atoms with Crippen molar-refractivity contribution in [2.24, 2.45) is 0 Å². The Morgan fingerprint density at radius 3 is 2.56 bits per heavy atom. The Bertz CT molecular complexity index is 206. The summed E-state index contributed by atoms with van der Waals surface area (Å²) < 4.78 is 0.647. The standard InChI is InChI=1S/C5H2BrCl2N/c6-4-3(7)1-2-9-5(4)8/h1-2H. The zero-order chi connectivity index (χ0) is 6.85. The second-order valence-corrected chi connectivity index (χ2v) is 2.96. The molecule has 0 saturated heterocycles.